The van der Waals surface area contributed by atoms with Gasteiger partial charge in [0, 0.05) is 30.6 Å². The highest BCUT2D eigenvalue weighted by Gasteiger charge is 2.33. The summed E-state index contributed by atoms with van der Waals surface area (Å²) in [5, 5.41) is 2.42. The molecule has 2 atom stereocenters. The largest absolute Gasteiger partial charge is 0.445 e. The Hall–Kier alpha value is -4.69. The maximum atomic E-state index is 12.9. The van der Waals surface area contributed by atoms with Crippen molar-refractivity contribution < 1.29 is 14.8 Å². The van der Waals surface area contributed by atoms with Crippen LogP contribution in [0.4, 0.5) is 4.79 Å². The van der Waals surface area contributed by atoms with Crippen LogP contribution < -0.4 is 5.32 Å². The minimum Gasteiger partial charge on any atom is -0.445 e. The van der Waals surface area contributed by atoms with Crippen LogP contribution >= 0.6 is 0 Å². The molecule has 3 aromatic carbocycles. The third-order valence-corrected chi connectivity index (χ3v) is 9.68. The number of quaternary nitrogens is 1. The number of carbonyl (C=O) groups is 1. The molecule has 0 saturated carbocycles. The van der Waals surface area contributed by atoms with Gasteiger partial charge in [0.05, 0.1) is 30.2 Å². The first-order chi connectivity index (χ1) is 22.2. The number of H-pyrrole nitrogens is 2. The van der Waals surface area contributed by atoms with Crippen LogP contribution in [0.2, 0.25) is 0 Å². The molecule has 4 heterocycles. The first-order valence-corrected chi connectivity index (χ1v) is 16.4. The van der Waals surface area contributed by atoms with Gasteiger partial charge in [0.1, 0.15) is 18.5 Å². The zero-order valence-corrected chi connectivity index (χ0v) is 25.5. The molecule has 3 aliphatic rings. The fraction of sp³-hybridized carbons (Fsp3) is 0.324. The van der Waals surface area contributed by atoms with E-state index in [0.717, 1.165) is 66.3 Å². The summed E-state index contributed by atoms with van der Waals surface area (Å²) in [6, 6.07) is 25.7. The maximum absolute atomic E-state index is 12.9. The van der Waals surface area contributed by atoms with Gasteiger partial charge in [0.15, 0.2) is 5.82 Å². The number of nitrogens with two attached hydrogens (primary N) is 1. The van der Waals surface area contributed by atoms with Crippen LogP contribution in [-0.4, -0.2) is 44.0 Å². The molecule has 1 aliphatic carbocycles. The smallest absolute Gasteiger partial charge is 0.410 e. The van der Waals surface area contributed by atoms with Crippen LogP contribution in [-0.2, 0) is 24.2 Å². The number of rotatable bonds is 6. The van der Waals surface area contributed by atoms with Crippen molar-refractivity contribution in [1.82, 2.24) is 24.8 Å². The lowest BCUT2D eigenvalue weighted by molar-refractivity contribution is -0.677. The molecule has 0 spiro atoms. The van der Waals surface area contributed by atoms with Gasteiger partial charge in [0.2, 0.25) is 0 Å². The van der Waals surface area contributed by atoms with Gasteiger partial charge in [-0.05, 0) is 59.9 Å². The Bertz CT molecular complexity index is 1800. The number of hydrogen-bond acceptors (Lipinski definition) is 4. The molecule has 45 heavy (non-hydrogen) atoms. The number of hydrogen-bond donors (Lipinski definition) is 3. The molecule has 2 aliphatic heterocycles. The van der Waals surface area contributed by atoms with Crippen molar-refractivity contribution in [2.24, 2.45) is 0 Å². The van der Waals surface area contributed by atoms with Crippen LogP contribution in [0.5, 0.6) is 0 Å². The van der Waals surface area contributed by atoms with E-state index < -0.39 is 0 Å². The number of aromatic amines is 2. The van der Waals surface area contributed by atoms with Crippen molar-refractivity contribution in [3.8, 4) is 33.6 Å². The van der Waals surface area contributed by atoms with E-state index >= 15 is 0 Å². The lowest BCUT2D eigenvalue weighted by Gasteiger charge is -2.22. The minimum atomic E-state index is -0.291. The van der Waals surface area contributed by atoms with Gasteiger partial charge in [0.25, 0.3) is 0 Å². The van der Waals surface area contributed by atoms with Gasteiger partial charge >= 0.3 is 6.09 Å². The molecule has 8 heteroatoms. The standard InChI is InChI=1S/C37H38N6O2/c44-37(45-23-24-7-2-1-3-8-24)43-20-6-12-33(43)36-39-22-32(41-36)26-15-13-25(14-16-26)27-17-18-29-28(21-27)9-4-10-30-34(29)42-35(40-30)31-11-5-19-38-31/h1-3,7-8,13-18,21-22,31,33,38H,4-6,9-12,19-20,23H2,(H,39,41)(H,40,42)/p+1. The second kappa shape index (κ2) is 12.0. The summed E-state index contributed by atoms with van der Waals surface area (Å²) < 4.78 is 5.63. The second-order valence-electron chi connectivity index (χ2n) is 12.6. The average Bonchev–Trinajstić information content (AvgIpc) is 3.91. The van der Waals surface area contributed by atoms with Gasteiger partial charge in [-0.1, -0.05) is 72.8 Å². The molecule has 228 valence electrons. The quantitative estimate of drug-likeness (QED) is 0.207. The van der Waals surface area contributed by atoms with Gasteiger partial charge in [-0.3, -0.25) is 4.90 Å². The van der Waals surface area contributed by atoms with E-state index in [9.17, 15) is 4.79 Å². The Balaban J connectivity index is 0.969. The van der Waals surface area contributed by atoms with Crippen molar-refractivity contribution in [1.29, 1.82) is 0 Å². The predicted octanol–water partition coefficient (Wildman–Crippen LogP) is 6.49. The zero-order valence-electron chi connectivity index (χ0n) is 25.5. The third kappa shape index (κ3) is 5.55. The molecule has 8 rings (SSSR count). The van der Waals surface area contributed by atoms with E-state index in [1.165, 1.54) is 47.3 Å². The molecule has 1 amide bonds. The lowest BCUT2D eigenvalue weighted by atomic mass is 9.95. The number of carbonyl (C=O) groups excluding carboxylic acids is 1. The molecule has 4 N–H and O–H groups in total. The van der Waals surface area contributed by atoms with E-state index in [-0.39, 0.29) is 18.7 Å². The van der Waals surface area contributed by atoms with Crippen LogP contribution in [0.15, 0.2) is 79.0 Å². The van der Waals surface area contributed by atoms with Crippen molar-refractivity contribution in [3.63, 3.8) is 0 Å². The molecule has 8 nitrogen and oxygen atoms in total. The summed E-state index contributed by atoms with van der Waals surface area (Å²) in [7, 11) is 0. The zero-order chi connectivity index (χ0) is 30.2. The number of aromatic nitrogens is 4. The van der Waals surface area contributed by atoms with Gasteiger partial charge < -0.3 is 20.0 Å². The van der Waals surface area contributed by atoms with E-state index in [0.29, 0.717) is 12.6 Å². The topological polar surface area (TPSA) is 104 Å². The monoisotopic (exact) mass is 599 g/mol. The van der Waals surface area contributed by atoms with Crippen molar-refractivity contribution in [2.45, 2.75) is 63.6 Å². The van der Waals surface area contributed by atoms with Gasteiger partial charge in [-0.2, -0.15) is 0 Å². The maximum Gasteiger partial charge on any atom is 0.410 e. The molecular formula is C37H39N6O2+. The summed E-state index contributed by atoms with van der Waals surface area (Å²) >= 11 is 0. The second-order valence-corrected chi connectivity index (χ2v) is 12.6. The number of benzene rings is 3. The molecule has 2 aromatic heterocycles. The molecule has 5 aromatic rings. The highest BCUT2D eigenvalue weighted by atomic mass is 16.6. The number of aryl methyl sites for hydroxylation is 2. The molecule has 0 bridgehead atoms. The van der Waals surface area contributed by atoms with Crippen molar-refractivity contribution >= 4 is 6.09 Å². The first-order valence-electron chi connectivity index (χ1n) is 16.4. The van der Waals surface area contributed by atoms with E-state index in [4.69, 9.17) is 14.7 Å². The molecular weight excluding hydrogens is 560 g/mol. The van der Waals surface area contributed by atoms with Crippen LogP contribution in [0.1, 0.15) is 72.7 Å². The molecule has 2 fully saturated rings. The van der Waals surface area contributed by atoms with Gasteiger partial charge in [-0.15, -0.1) is 0 Å². The Morgan fingerprint density at radius 1 is 0.889 bits per heavy atom. The Labute approximate surface area is 263 Å². The molecule has 2 unspecified atom stereocenters. The minimum absolute atomic E-state index is 0.108. The van der Waals surface area contributed by atoms with Crippen molar-refractivity contribution in [3.05, 3.63) is 107 Å². The number of nitrogens with one attached hydrogen (secondary N) is 2. The third-order valence-electron chi connectivity index (χ3n) is 9.68. The molecule has 0 radical (unpaired) electrons. The van der Waals surface area contributed by atoms with E-state index in [1.54, 1.807) is 4.90 Å². The predicted molar refractivity (Wildman–Crippen MR) is 173 cm³/mol. The lowest BCUT2D eigenvalue weighted by Crippen LogP contribution is -2.82. The summed E-state index contributed by atoms with van der Waals surface area (Å²) in [6.07, 6.45) is 9.09. The van der Waals surface area contributed by atoms with Gasteiger partial charge in [-0.25, -0.2) is 14.8 Å². The number of amides is 1. The number of fused-ring (bicyclic) bond motifs is 3. The van der Waals surface area contributed by atoms with Crippen LogP contribution in [0.25, 0.3) is 33.6 Å². The number of ether oxygens (including phenoxy) is 1. The summed E-state index contributed by atoms with van der Waals surface area (Å²) in [4.78, 5) is 31.7. The van der Waals surface area contributed by atoms with E-state index in [1.807, 2.05) is 36.5 Å². The Kier molecular flexibility index (Phi) is 7.43. The Morgan fingerprint density at radius 3 is 2.58 bits per heavy atom. The van der Waals surface area contributed by atoms with Crippen LogP contribution in [0.3, 0.4) is 0 Å². The molecule has 2 saturated heterocycles. The summed E-state index contributed by atoms with van der Waals surface area (Å²) in [5.41, 5.74) is 10.5. The fourth-order valence-electron chi connectivity index (χ4n) is 7.27. The average molecular weight is 600 g/mol. The fourth-order valence-corrected chi connectivity index (χ4v) is 7.27. The first kappa shape index (κ1) is 27.8. The van der Waals surface area contributed by atoms with Crippen molar-refractivity contribution in [2.75, 3.05) is 13.1 Å². The van der Waals surface area contributed by atoms with Crippen LogP contribution in [0, 0.1) is 0 Å². The number of likely N-dealkylation sites (tertiary alicyclic amines) is 1. The summed E-state index contributed by atoms with van der Waals surface area (Å²) in [5.74, 6) is 1.95. The van der Waals surface area contributed by atoms with E-state index in [2.05, 4.69) is 57.7 Å². The number of imidazole rings is 2. The SMILES string of the molecule is O=C(OCc1ccccc1)N1CCCC1c1ncc(-c2ccc(-c3ccc4c(c3)CCCc3[nH]c(C5CCC[NH2+]5)nc3-4)cc2)[nH]1. The normalized spacial score (nSPS) is 19.2. The Morgan fingerprint density at radius 2 is 1.73 bits per heavy atom. The highest BCUT2D eigenvalue weighted by Crippen LogP contribution is 2.36. The highest BCUT2D eigenvalue weighted by molar-refractivity contribution is 5.75. The summed E-state index contributed by atoms with van der Waals surface area (Å²) in [6.45, 7) is 2.14. The number of nitrogens with zero attached hydrogens (tertiary/aromatic N) is 3.